The molecule has 28 heavy (non-hydrogen) atoms. The summed E-state index contributed by atoms with van der Waals surface area (Å²) in [6.07, 6.45) is 3.52. The van der Waals surface area contributed by atoms with E-state index in [1.54, 1.807) is 11.3 Å². The summed E-state index contributed by atoms with van der Waals surface area (Å²) >= 11 is 1.70. The van der Waals surface area contributed by atoms with Crippen LogP contribution in [0.3, 0.4) is 0 Å². The molecule has 7 nitrogen and oxygen atoms in total. The highest BCUT2D eigenvalue weighted by Gasteiger charge is 2.25. The number of nitrogens with one attached hydrogen (secondary N) is 3. The third kappa shape index (κ3) is 7.66. The lowest BCUT2D eigenvalue weighted by atomic mass is 9.91. The molecule has 1 aromatic rings. The minimum Gasteiger partial charge on any atom is -0.444 e. The Morgan fingerprint density at radius 3 is 2.29 bits per heavy atom. The van der Waals surface area contributed by atoms with E-state index in [0.29, 0.717) is 12.6 Å². The highest BCUT2D eigenvalue weighted by Crippen LogP contribution is 2.20. The predicted octanol–water partition coefficient (Wildman–Crippen LogP) is 3.65. The van der Waals surface area contributed by atoms with Crippen molar-refractivity contribution in [1.29, 1.82) is 0 Å². The predicted molar refractivity (Wildman–Crippen MR) is 115 cm³/mol. The molecule has 1 heterocycles. The molecule has 1 amide bonds. The summed E-state index contributed by atoms with van der Waals surface area (Å²) in [5, 5.41) is 10.9. The molecule has 1 saturated carbocycles. The number of hydrogen-bond acceptors (Lipinski definition) is 5. The number of aromatic nitrogens is 1. The first-order valence-corrected chi connectivity index (χ1v) is 10.9. The summed E-state index contributed by atoms with van der Waals surface area (Å²) in [4.78, 5) is 22.3. The first kappa shape index (κ1) is 22.5. The van der Waals surface area contributed by atoms with Gasteiger partial charge in [0.25, 0.3) is 0 Å². The molecule has 0 aromatic carbocycles. The number of ether oxygens (including phenoxy) is 1. The van der Waals surface area contributed by atoms with E-state index in [4.69, 9.17) is 9.73 Å². The van der Waals surface area contributed by atoms with E-state index in [2.05, 4.69) is 27.9 Å². The van der Waals surface area contributed by atoms with E-state index < -0.39 is 5.60 Å². The molecule has 1 aliphatic rings. The van der Waals surface area contributed by atoms with Gasteiger partial charge in [0.15, 0.2) is 5.96 Å². The van der Waals surface area contributed by atoms with Gasteiger partial charge in [-0.15, -0.1) is 11.3 Å². The molecule has 0 atom stereocenters. The Balaban J connectivity index is 1.82. The number of aliphatic imine (C=N–C) groups is 1. The van der Waals surface area contributed by atoms with Gasteiger partial charge in [-0.2, -0.15) is 0 Å². The number of rotatable bonds is 5. The summed E-state index contributed by atoms with van der Waals surface area (Å²) < 4.78 is 5.35. The van der Waals surface area contributed by atoms with E-state index in [-0.39, 0.29) is 12.1 Å². The Morgan fingerprint density at radius 2 is 1.79 bits per heavy atom. The zero-order chi connectivity index (χ0) is 20.7. The Bertz CT molecular complexity index is 673. The molecule has 158 valence electrons. The monoisotopic (exact) mass is 409 g/mol. The van der Waals surface area contributed by atoms with E-state index in [1.807, 2.05) is 34.6 Å². The molecule has 1 aliphatic carbocycles. The quantitative estimate of drug-likeness (QED) is 0.510. The number of carbonyl (C=O) groups is 1. The van der Waals surface area contributed by atoms with Crippen molar-refractivity contribution < 1.29 is 9.53 Å². The van der Waals surface area contributed by atoms with E-state index in [9.17, 15) is 4.79 Å². The molecule has 2 rings (SSSR count). The lowest BCUT2D eigenvalue weighted by Crippen LogP contribution is -2.48. The first-order valence-electron chi connectivity index (χ1n) is 10.1. The van der Waals surface area contributed by atoms with E-state index in [0.717, 1.165) is 48.9 Å². The second-order valence-electron chi connectivity index (χ2n) is 8.28. The molecule has 0 saturated heterocycles. The third-order valence-electron chi connectivity index (χ3n) is 4.51. The summed E-state index contributed by atoms with van der Waals surface area (Å²) in [7, 11) is 0. The summed E-state index contributed by atoms with van der Waals surface area (Å²) in [6.45, 7) is 13.2. The van der Waals surface area contributed by atoms with E-state index in [1.165, 1.54) is 4.88 Å². The lowest BCUT2D eigenvalue weighted by Gasteiger charge is -2.31. The minimum atomic E-state index is -0.463. The number of guanidine groups is 1. The molecule has 0 bridgehead atoms. The highest BCUT2D eigenvalue weighted by molar-refractivity contribution is 7.11. The summed E-state index contributed by atoms with van der Waals surface area (Å²) in [6, 6.07) is 0.536. The van der Waals surface area contributed by atoms with Crippen molar-refractivity contribution in [3.05, 3.63) is 15.6 Å². The number of thiazole rings is 1. The fraction of sp³-hybridized carbons (Fsp3) is 0.750. The third-order valence-corrected chi connectivity index (χ3v) is 5.57. The smallest absolute Gasteiger partial charge is 0.407 e. The van der Waals surface area contributed by atoms with Gasteiger partial charge in [0.1, 0.15) is 5.60 Å². The van der Waals surface area contributed by atoms with Crippen LogP contribution in [0.2, 0.25) is 0 Å². The van der Waals surface area contributed by atoms with Gasteiger partial charge in [-0.3, -0.25) is 0 Å². The fourth-order valence-corrected chi connectivity index (χ4v) is 4.10. The number of amides is 1. The lowest BCUT2D eigenvalue weighted by molar-refractivity contribution is 0.0490. The van der Waals surface area contributed by atoms with Gasteiger partial charge in [0.05, 0.1) is 17.2 Å². The summed E-state index contributed by atoms with van der Waals surface area (Å²) in [5.74, 6) is 0.844. The largest absolute Gasteiger partial charge is 0.444 e. The average molecular weight is 410 g/mol. The van der Waals surface area contributed by atoms with Crippen LogP contribution in [-0.2, 0) is 11.3 Å². The Morgan fingerprint density at radius 1 is 1.18 bits per heavy atom. The summed E-state index contributed by atoms with van der Waals surface area (Å²) in [5.41, 5.74) is 0.602. The molecule has 0 unspecified atom stereocenters. The van der Waals surface area contributed by atoms with Crippen molar-refractivity contribution in [3.63, 3.8) is 0 Å². The van der Waals surface area contributed by atoms with Crippen molar-refractivity contribution in [2.75, 3.05) is 6.54 Å². The Hall–Kier alpha value is -1.83. The maximum Gasteiger partial charge on any atom is 0.407 e. The zero-order valence-corrected chi connectivity index (χ0v) is 18.8. The maximum absolute atomic E-state index is 11.9. The van der Waals surface area contributed by atoms with Gasteiger partial charge >= 0.3 is 6.09 Å². The second-order valence-corrected chi connectivity index (χ2v) is 9.56. The van der Waals surface area contributed by atoms with Crippen molar-refractivity contribution in [3.8, 4) is 0 Å². The van der Waals surface area contributed by atoms with Crippen LogP contribution in [0.15, 0.2) is 4.99 Å². The van der Waals surface area contributed by atoms with Crippen molar-refractivity contribution in [1.82, 2.24) is 20.9 Å². The maximum atomic E-state index is 11.9. The van der Waals surface area contributed by atoms with Crippen LogP contribution < -0.4 is 16.0 Å². The van der Waals surface area contributed by atoms with Crippen LogP contribution in [0.25, 0.3) is 0 Å². The number of hydrogen-bond donors (Lipinski definition) is 3. The van der Waals surface area contributed by atoms with Crippen molar-refractivity contribution in [2.45, 2.75) is 91.5 Å². The van der Waals surface area contributed by atoms with Gasteiger partial charge in [-0.05, 0) is 67.2 Å². The normalized spacial score (nSPS) is 20.6. The second kappa shape index (κ2) is 10.1. The van der Waals surface area contributed by atoms with Crippen LogP contribution >= 0.6 is 11.3 Å². The molecule has 1 fully saturated rings. The topological polar surface area (TPSA) is 87.6 Å². The number of carbonyl (C=O) groups excluding carboxylic acids is 1. The molecule has 1 aromatic heterocycles. The fourth-order valence-electron chi connectivity index (χ4n) is 3.24. The van der Waals surface area contributed by atoms with Crippen LogP contribution in [0, 0.1) is 13.8 Å². The molecule has 3 N–H and O–H groups in total. The SMILES string of the molecule is CCNC(=NCc1sc(C)nc1C)NC1CCC(NC(=O)OC(C)(C)C)CC1. The molecule has 0 radical (unpaired) electrons. The first-order chi connectivity index (χ1) is 13.2. The van der Waals surface area contributed by atoms with Crippen molar-refractivity contribution in [2.24, 2.45) is 4.99 Å². The van der Waals surface area contributed by atoms with Crippen molar-refractivity contribution >= 4 is 23.4 Å². The molecule has 8 heteroatoms. The van der Waals surface area contributed by atoms with Crippen LogP contribution in [-0.4, -0.2) is 41.3 Å². The Labute approximate surface area is 172 Å². The van der Waals surface area contributed by atoms with Crippen LogP contribution in [0.4, 0.5) is 4.79 Å². The van der Waals surface area contributed by atoms with Gasteiger partial charge in [0.2, 0.25) is 0 Å². The zero-order valence-electron chi connectivity index (χ0n) is 18.0. The van der Waals surface area contributed by atoms with Crippen LogP contribution in [0.1, 0.15) is 69.0 Å². The number of aryl methyl sites for hydroxylation is 2. The number of alkyl carbamates (subject to hydrolysis) is 1. The van der Waals surface area contributed by atoms with Gasteiger partial charge in [-0.1, -0.05) is 0 Å². The van der Waals surface area contributed by atoms with E-state index >= 15 is 0 Å². The standard InChI is InChI=1S/C20H35N5O2S/c1-7-21-18(22-12-17-13(2)23-14(3)28-17)24-15-8-10-16(11-9-15)25-19(26)27-20(4,5)6/h15-16H,7-12H2,1-6H3,(H,25,26)(H2,21,22,24). The number of nitrogens with zero attached hydrogens (tertiary/aromatic N) is 2. The molecular formula is C20H35N5O2S. The molecule has 0 spiro atoms. The molecule has 0 aliphatic heterocycles. The minimum absolute atomic E-state index is 0.176. The van der Waals surface area contributed by atoms with Gasteiger partial charge in [0, 0.05) is 23.5 Å². The highest BCUT2D eigenvalue weighted by atomic mass is 32.1. The molecular weight excluding hydrogens is 374 g/mol. The van der Waals surface area contributed by atoms with Crippen LogP contribution in [0.5, 0.6) is 0 Å². The Kier molecular flexibility index (Phi) is 8.10. The van der Waals surface area contributed by atoms with Gasteiger partial charge < -0.3 is 20.7 Å². The average Bonchev–Trinajstić information content (AvgIpc) is 2.90. The van der Waals surface area contributed by atoms with Gasteiger partial charge in [-0.25, -0.2) is 14.8 Å².